The average Bonchev–Trinajstić information content (AvgIpc) is 3.40. The molecular formula is C21H26N8OS. The Bertz CT molecular complexity index is 1090. The number of carbonyl (C=O) groups is 1. The number of nitrogens with one attached hydrogen (secondary N) is 1. The number of nitrogens with zero attached hydrogens (tertiary/aromatic N) is 7. The summed E-state index contributed by atoms with van der Waals surface area (Å²) in [5, 5.41) is 17.4. The van der Waals surface area contributed by atoms with E-state index in [0.29, 0.717) is 23.3 Å². The summed E-state index contributed by atoms with van der Waals surface area (Å²) in [6, 6.07) is 3.60. The van der Waals surface area contributed by atoms with Crippen molar-refractivity contribution in [1.29, 1.82) is 0 Å². The highest BCUT2D eigenvalue weighted by Gasteiger charge is 2.29. The first kappa shape index (κ1) is 21.1. The van der Waals surface area contributed by atoms with Crippen molar-refractivity contribution in [3.63, 3.8) is 0 Å². The second-order valence-corrected chi connectivity index (χ2v) is 8.55. The molecule has 9 nitrogen and oxygen atoms in total. The van der Waals surface area contributed by atoms with Crippen molar-refractivity contribution in [3.8, 4) is 0 Å². The van der Waals surface area contributed by atoms with Crippen molar-refractivity contribution in [3.05, 3.63) is 46.6 Å². The first-order valence-electron chi connectivity index (χ1n) is 10.4. The number of piperidine rings is 1. The van der Waals surface area contributed by atoms with Crippen LogP contribution in [0.4, 0.5) is 10.9 Å². The van der Waals surface area contributed by atoms with Crippen LogP contribution in [0.1, 0.15) is 54.4 Å². The lowest BCUT2D eigenvalue weighted by atomic mass is 10.0. The number of rotatable bonds is 6. The topological polar surface area (TPSA) is 102 Å². The number of carbonyl (C=O) groups excluding carboxylic acids is 1. The minimum Gasteiger partial charge on any atom is -0.329 e. The van der Waals surface area contributed by atoms with Crippen LogP contribution in [0.25, 0.3) is 6.08 Å². The third-order valence-electron chi connectivity index (χ3n) is 5.22. The van der Waals surface area contributed by atoms with Crippen LogP contribution in [-0.4, -0.2) is 47.3 Å². The standard InChI is InChI=1S/C21H26N8OS/c1-4-18-26-27-21(31-18)25-17-13-14(2)23-20(24-17)16-7-5-6-12-29(16)19(30)9-8-15-10-11-22-28(15)3/h8-11,13,16H,4-7,12H2,1-3H3,(H,23,24,25,27)/b9-8+/t16-/m0/s1. The number of anilines is 2. The lowest BCUT2D eigenvalue weighted by Crippen LogP contribution is -2.38. The molecule has 0 spiro atoms. The highest BCUT2D eigenvalue weighted by molar-refractivity contribution is 7.15. The van der Waals surface area contributed by atoms with Gasteiger partial charge in [0.15, 0.2) is 5.82 Å². The molecule has 1 aliphatic rings. The number of hydrogen-bond acceptors (Lipinski definition) is 8. The van der Waals surface area contributed by atoms with Gasteiger partial charge in [-0.3, -0.25) is 9.48 Å². The van der Waals surface area contributed by atoms with E-state index in [-0.39, 0.29) is 11.9 Å². The smallest absolute Gasteiger partial charge is 0.247 e. The van der Waals surface area contributed by atoms with Crippen LogP contribution in [0.15, 0.2) is 24.4 Å². The zero-order valence-electron chi connectivity index (χ0n) is 17.9. The maximum atomic E-state index is 13.0. The van der Waals surface area contributed by atoms with Gasteiger partial charge in [0.05, 0.1) is 11.7 Å². The SMILES string of the molecule is CCc1nnc(Nc2cc(C)nc([C@@H]3CCCCN3C(=O)/C=C/c3ccnn3C)n2)s1. The first-order chi connectivity index (χ1) is 15.0. The Hall–Kier alpha value is -3.14. The predicted octanol–water partition coefficient (Wildman–Crippen LogP) is 3.44. The van der Waals surface area contributed by atoms with E-state index in [4.69, 9.17) is 4.98 Å². The summed E-state index contributed by atoms with van der Waals surface area (Å²) in [6.07, 6.45) is 8.82. The van der Waals surface area contributed by atoms with Crippen LogP contribution in [0.2, 0.25) is 0 Å². The van der Waals surface area contributed by atoms with E-state index >= 15 is 0 Å². The van der Waals surface area contributed by atoms with E-state index in [1.54, 1.807) is 23.0 Å². The lowest BCUT2D eigenvalue weighted by Gasteiger charge is -2.34. The molecule has 1 saturated heterocycles. The van der Waals surface area contributed by atoms with Crippen LogP contribution < -0.4 is 5.32 Å². The molecule has 1 fully saturated rings. The third kappa shape index (κ3) is 4.96. The maximum Gasteiger partial charge on any atom is 0.247 e. The summed E-state index contributed by atoms with van der Waals surface area (Å²) >= 11 is 1.51. The number of amides is 1. The van der Waals surface area contributed by atoms with Crippen molar-refractivity contribution in [1.82, 2.24) is 34.8 Å². The molecule has 0 aliphatic carbocycles. The van der Waals surface area contributed by atoms with Gasteiger partial charge < -0.3 is 10.2 Å². The highest BCUT2D eigenvalue weighted by Crippen LogP contribution is 2.30. The van der Waals surface area contributed by atoms with Gasteiger partial charge in [-0.05, 0) is 44.7 Å². The molecule has 4 rings (SSSR count). The Kier molecular flexibility index (Phi) is 6.36. The van der Waals surface area contributed by atoms with Crippen LogP contribution >= 0.6 is 11.3 Å². The van der Waals surface area contributed by atoms with Crippen molar-refractivity contribution in [2.75, 3.05) is 11.9 Å². The lowest BCUT2D eigenvalue weighted by molar-refractivity contribution is -0.129. The van der Waals surface area contributed by atoms with Gasteiger partial charge >= 0.3 is 0 Å². The first-order valence-corrected chi connectivity index (χ1v) is 11.3. The number of hydrogen-bond donors (Lipinski definition) is 1. The van der Waals surface area contributed by atoms with Gasteiger partial charge in [0.1, 0.15) is 10.8 Å². The van der Waals surface area contributed by atoms with E-state index in [2.05, 4.69) is 32.5 Å². The molecule has 0 aromatic carbocycles. The Labute approximate surface area is 185 Å². The molecule has 0 saturated carbocycles. The van der Waals surface area contributed by atoms with Crippen molar-refractivity contribution in [2.45, 2.75) is 45.6 Å². The zero-order chi connectivity index (χ0) is 21.8. The molecule has 0 bridgehead atoms. The van der Waals surface area contributed by atoms with E-state index in [9.17, 15) is 4.79 Å². The summed E-state index contributed by atoms with van der Waals surface area (Å²) in [5.74, 6) is 1.29. The van der Waals surface area contributed by atoms with E-state index < -0.39 is 0 Å². The fourth-order valence-corrected chi connectivity index (χ4v) is 4.31. The quantitative estimate of drug-likeness (QED) is 0.588. The summed E-state index contributed by atoms with van der Waals surface area (Å²) in [6.45, 7) is 4.68. The Morgan fingerprint density at radius 3 is 2.94 bits per heavy atom. The fraction of sp³-hybridized carbons (Fsp3) is 0.429. The molecule has 0 radical (unpaired) electrons. The second-order valence-electron chi connectivity index (χ2n) is 7.49. The molecule has 1 N–H and O–H groups in total. The summed E-state index contributed by atoms with van der Waals surface area (Å²) in [5.41, 5.74) is 1.72. The third-order valence-corrected chi connectivity index (χ3v) is 6.20. The van der Waals surface area contributed by atoms with Gasteiger partial charge in [0, 0.05) is 37.6 Å². The van der Waals surface area contributed by atoms with Crippen LogP contribution in [0.3, 0.4) is 0 Å². The van der Waals surface area contributed by atoms with Gasteiger partial charge in [-0.25, -0.2) is 9.97 Å². The Morgan fingerprint density at radius 1 is 1.32 bits per heavy atom. The van der Waals surface area contributed by atoms with Crippen molar-refractivity contribution in [2.24, 2.45) is 7.05 Å². The second kappa shape index (κ2) is 9.34. The molecule has 0 unspecified atom stereocenters. The van der Waals surface area contributed by atoms with Crippen molar-refractivity contribution >= 4 is 34.3 Å². The molecular weight excluding hydrogens is 412 g/mol. The van der Waals surface area contributed by atoms with Crippen LogP contribution in [0, 0.1) is 6.92 Å². The van der Waals surface area contributed by atoms with Crippen LogP contribution in [0.5, 0.6) is 0 Å². The summed E-state index contributed by atoms with van der Waals surface area (Å²) in [7, 11) is 1.85. The number of aromatic nitrogens is 6. The van der Waals surface area contributed by atoms with Gasteiger partial charge in [-0.15, -0.1) is 10.2 Å². The number of likely N-dealkylation sites (tertiary alicyclic amines) is 1. The van der Waals surface area contributed by atoms with E-state index in [1.807, 2.05) is 31.0 Å². The predicted molar refractivity (Wildman–Crippen MR) is 120 cm³/mol. The molecule has 1 aliphatic heterocycles. The molecule has 4 heterocycles. The molecule has 10 heteroatoms. The molecule has 3 aromatic rings. The molecule has 1 amide bonds. The average molecular weight is 439 g/mol. The monoisotopic (exact) mass is 438 g/mol. The normalized spacial score (nSPS) is 16.7. The highest BCUT2D eigenvalue weighted by atomic mass is 32.1. The Balaban J connectivity index is 1.55. The zero-order valence-corrected chi connectivity index (χ0v) is 18.8. The Morgan fingerprint density at radius 2 is 2.19 bits per heavy atom. The molecule has 3 aromatic heterocycles. The molecule has 1 atom stereocenters. The van der Waals surface area contributed by atoms with Gasteiger partial charge in [0.2, 0.25) is 11.0 Å². The maximum absolute atomic E-state index is 13.0. The minimum atomic E-state index is -0.154. The summed E-state index contributed by atoms with van der Waals surface area (Å²) in [4.78, 5) is 24.3. The van der Waals surface area contributed by atoms with E-state index in [1.165, 1.54) is 11.3 Å². The minimum absolute atomic E-state index is 0.0396. The molecule has 31 heavy (non-hydrogen) atoms. The van der Waals surface area contributed by atoms with Crippen molar-refractivity contribution < 1.29 is 4.79 Å². The fourth-order valence-electron chi connectivity index (χ4n) is 3.62. The number of aryl methyl sites for hydroxylation is 3. The van der Waals surface area contributed by atoms with E-state index in [0.717, 1.165) is 42.1 Å². The largest absolute Gasteiger partial charge is 0.329 e. The van der Waals surface area contributed by atoms with Crippen LogP contribution in [-0.2, 0) is 18.3 Å². The summed E-state index contributed by atoms with van der Waals surface area (Å²) < 4.78 is 1.73. The van der Waals surface area contributed by atoms with Gasteiger partial charge in [-0.1, -0.05) is 18.3 Å². The van der Waals surface area contributed by atoms with Gasteiger partial charge in [0.25, 0.3) is 0 Å². The molecule has 162 valence electrons. The van der Waals surface area contributed by atoms with Gasteiger partial charge in [-0.2, -0.15) is 5.10 Å².